The van der Waals surface area contributed by atoms with Gasteiger partial charge in [0, 0.05) is 47.2 Å². The SMILES string of the molecule is ClCCN(CCCl)CCCNc1c2ccc(Cl)cc2nc2ccc(-c3ccccc3)cc12. The third-order valence-corrected chi connectivity index (χ3v) is 6.17. The van der Waals surface area contributed by atoms with E-state index < -0.39 is 0 Å². The average Bonchev–Trinajstić information content (AvgIpc) is 2.81. The fraction of sp³-hybridized carbons (Fsp3) is 0.269. The van der Waals surface area contributed by atoms with E-state index in [1.807, 2.05) is 18.2 Å². The van der Waals surface area contributed by atoms with Gasteiger partial charge in [0.2, 0.25) is 0 Å². The topological polar surface area (TPSA) is 28.2 Å². The summed E-state index contributed by atoms with van der Waals surface area (Å²) in [4.78, 5) is 7.18. The molecule has 4 rings (SSSR count). The number of hydrogen-bond donors (Lipinski definition) is 1. The molecule has 0 radical (unpaired) electrons. The maximum absolute atomic E-state index is 6.26. The van der Waals surface area contributed by atoms with Crippen molar-refractivity contribution in [2.24, 2.45) is 0 Å². The van der Waals surface area contributed by atoms with Crippen molar-refractivity contribution in [2.45, 2.75) is 6.42 Å². The maximum atomic E-state index is 6.26. The van der Waals surface area contributed by atoms with Crippen LogP contribution in [0.5, 0.6) is 0 Å². The second-order valence-corrected chi connectivity index (χ2v) is 8.94. The van der Waals surface area contributed by atoms with Crippen LogP contribution in [0.3, 0.4) is 0 Å². The van der Waals surface area contributed by atoms with Crippen LogP contribution in [-0.4, -0.2) is 47.8 Å². The molecule has 1 N–H and O–H groups in total. The van der Waals surface area contributed by atoms with Gasteiger partial charge < -0.3 is 10.2 Å². The molecule has 0 atom stereocenters. The molecule has 0 saturated carbocycles. The summed E-state index contributed by atoms with van der Waals surface area (Å²) in [6.07, 6.45) is 0.991. The zero-order chi connectivity index (χ0) is 22.3. The number of halogens is 3. The van der Waals surface area contributed by atoms with E-state index in [0.29, 0.717) is 16.8 Å². The van der Waals surface area contributed by atoms with Crippen LogP contribution >= 0.6 is 34.8 Å². The van der Waals surface area contributed by atoms with Gasteiger partial charge in [0.15, 0.2) is 0 Å². The van der Waals surface area contributed by atoms with Crippen molar-refractivity contribution >= 4 is 62.3 Å². The molecule has 1 aromatic heterocycles. The second-order valence-electron chi connectivity index (χ2n) is 7.75. The summed E-state index contributed by atoms with van der Waals surface area (Å²) in [6.45, 7) is 3.50. The summed E-state index contributed by atoms with van der Waals surface area (Å²) in [5.41, 5.74) is 5.31. The first-order valence-electron chi connectivity index (χ1n) is 10.9. The van der Waals surface area contributed by atoms with Gasteiger partial charge in [-0.3, -0.25) is 0 Å². The van der Waals surface area contributed by atoms with Gasteiger partial charge in [0.25, 0.3) is 0 Å². The number of benzene rings is 3. The highest BCUT2D eigenvalue weighted by atomic mass is 35.5. The Morgan fingerprint density at radius 3 is 2.28 bits per heavy atom. The number of alkyl halides is 2. The van der Waals surface area contributed by atoms with E-state index >= 15 is 0 Å². The van der Waals surface area contributed by atoms with Crippen molar-refractivity contribution in [1.29, 1.82) is 0 Å². The number of rotatable bonds is 10. The standard InChI is InChI=1S/C26H26Cl3N3/c27-11-15-32(16-12-28)14-4-13-30-26-22-9-8-21(29)18-25(22)31-24-10-7-20(17-23(24)26)19-5-2-1-3-6-19/h1-3,5-10,17-18H,4,11-16H2,(H,30,31). The lowest BCUT2D eigenvalue weighted by molar-refractivity contribution is 0.306. The Kier molecular flexibility index (Phi) is 8.10. The van der Waals surface area contributed by atoms with E-state index in [0.717, 1.165) is 60.1 Å². The van der Waals surface area contributed by atoms with Crippen LogP contribution in [0.2, 0.25) is 5.02 Å². The van der Waals surface area contributed by atoms with Crippen molar-refractivity contribution in [1.82, 2.24) is 9.88 Å². The molecule has 0 aliphatic carbocycles. The first kappa shape index (κ1) is 23.1. The monoisotopic (exact) mass is 485 g/mol. The number of nitrogens with one attached hydrogen (secondary N) is 1. The van der Waals surface area contributed by atoms with Crippen LogP contribution in [0, 0.1) is 0 Å². The van der Waals surface area contributed by atoms with Crippen molar-refractivity contribution in [3.8, 4) is 11.1 Å². The molecule has 0 aliphatic rings. The van der Waals surface area contributed by atoms with E-state index in [-0.39, 0.29) is 0 Å². The van der Waals surface area contributed by atoms with Gasteiger partial charge in [-0.2, -0.15) is 0 Å². The number of aromatic nitrogens is 1. The highest BCUT2D eigenvalue weighted by Crippen LogP contribution is 2.34. The van der Waals surface area contributed by atoms with Gasteiger partial charge in [-0.05, 0) is 54.4 Å². The number of hydrogen-bond acceptors (Lipinski definition) is 3. The molecule has 0 spiro atoms. The van der Waals surface area contributed by atoms with Gasteiger partial charge >= 0.3 is 0 Å². The molecule has 0 bridgehead atoms. The fourth-order valence-corrected chi connectivity index (χ4v) is 4.65. The van der Waals surface area contributed by atoms with Gasteiger partial charge in [-0.15, -0.1) is 23.2 Å². The minimum atomic E-state index is 0.618. The Morgan fingerprint density at radius 1 is 0.750 bits per heavy atom. The second kappa shape index (κ2) is 11.2. The summed E-state index contributed by atoms with van der Waals surface area (Å²) in [5.74, 6) is 1.24. The van der Waals surface area contributed by atoms with Crippen molar-refractivity contribution in [3.63, 3.8) is 0 Å². The molecule has 32 heavy (non-hydrogen) atoms. The zero-order valence-corrected chi connectivity index (χ0v) is 20.1. The average molecular weight is 487 g/mol. The van der Waals surface area contributed by atoms with Crippen LogP contribution in [0.15, 0.2) is 66.7 Å². The minimum Gasteiger partial charge on any atom is -0.384 e. The molecule has 0 amide bonds. The maximum Gasteiger partial charge on any atom is 0.0745 e. The molecule has 166 valence electrons. The molecular weight excluding hydrogens is 461 g/mol. The zero-order valence-electron chi connectivity index (χ0n) is 17.8. The minimum absolute atomic E-state index is 0.618. The smallest absolute Gasteiger partial charge is 0.0745 e. The van der Waals surface area contributed by atoms with Crippen LogP contribution < -0.4 is 5.32 Å². The Hall–Kier alpha value is -2.04. The molecule has 0 aliphatic heterocycles. The molecule has 1 heterocycles. The van der Waals surface area contributed by atoms with Crippen molar-refractivity contribution in [3.05, 3.63) is 71.8 Å². The molecule has 0 unspecified atom stereocenters. The molecular formula is C26H26Cl3N3. The third-order valence-electron chi connectivity index (χ3n) is 5.60. The largest absolute Gasteiger partial charge is 0.384 e. The number of anilines is 1. The van der Waals surface area contributed by atoms with Gasteiger partial charge in [0.05, 0.1) is 16.7 Å². The van der Waals surface area contributed by atoms with Crippen molar-refractivity contribution in [2.75, 3.05) is 43.3 Å². The summed E-state index contributed by atoms with van der Waals surface area (Å²) in [5, 5.41) is 6.57. The first-order chi connectivity index (χ1) is 15.7. The summed E-state index contributed by atoms with van der Waals surface area (Å²) < 4.78 is 0. The quantitative estimate of drug-likeness (QED) is 0.145. The molecule has 3 nitrogen and oxygen atoms in total. The highest BCUT2D eigenvalue weighted by molar-refractivity contribution is 6.31. The Labute approximate surface area is 204 Å². The van der Waals surface area contributed by atoms with Gasteiger partial charge in [0.1, 0.15) is 0 Å². The van der Waals surface area contributed by atoms with Gasteiger partial charge in [-0.1, -0.05) is 48.0 Å². The highest BCUT2D eigenvalue weighted by Gasteiger charge is 2.11. The fourth-order valence-electron chi connectivity index (χ4n) is 4.01. The molecule has 0 saturated heterocycles. The summed E-state index contributed by atoms with van der Waals surface area (Å²) in [6, 6.07) is 22.8. The third kappa shape index (κ3) is 5.47. The number of fused-ring (bicyclic) bond motifs is 2. The molecule has 4 aromatic rings. The van der Waals surface area contributed by atoms with Crippen LogP contribution in [0.1, 0.15) is 6.42 Å². The van der Waals surface area contributed by atoms with E-state index in [4.69, 9.17) is 39.8 Å². The summed E-state index contributed by atoms with van der Waals surface area (Å²) in [7, 11) is 0. The Balaban J connectivity index is 1.67. The van der Waals surface area contributed by atoms with Crippen LogP contribution in [-0.2, 0) is 0 Å². The van der Waals surface area contributed by atoms with E-state index in [1.165, 1.54) is 11.1 Å². The number of nitrogens with zero attached hydrogens (tertiary/aromatic N) is 2. The predicted molar refractivity (Wildman–Crippen MR) is 141 cm³/mol. The Morgan fingerprint density at radius 2 is 1.53 bits per heavy atom. The Bertz CT molecular complexity index is 1180. The lowest BCUT2D eigenvalue weighted by Crippen LogP contribution is -2.30. The first-order valence-corrected chi connectivity index (χ1v) is 12.3. The van der Waals surface area contributed by atoms with Crippen LogP contribution in [0.25, 0.3) is 32.9 Å². The number of pyridine rings is 1. The van der Waals surface area contributed by atoms with Crippen molar-refractivity contribution < 1.29 is 0 Å². The van der Waals surface area contributed by atoms with E-state index in [1.54, 1.807) is 0 Å². The molecule has 6 heteroatoms. The van der Waals surface area contributed by atoms with Crippen LogP contribution in [0.4, 0.5) is 5.69 Å². The van der Waals surface area contributed by atoms with E-state index in [9.17, 15) is 0 Å². The lowest BCUT2D eigenvalue weighted by Gasteiger charge is -2.20. The predicted octanol–water partition coefficient (Wildman–Crippen LogP) is 7.29. The molecule has 0 fully saturated rings. The van der Waals surface area contributed by atoms with Gasteiger partial charge in [-0.25, -0.2) is 4.98 Å². The molecule has 3 aromatic carbocycles. The lowest BCUT2D eigenvalue weighted by atomic mass is 10.0. The normalized spacial score (nSPS) is 11.5. The van der Waals surface area contributed by atoms with E-state index in [2.05, 4.69) is 58.7 Å². The summed E-state index contributed by atoms with van der Waals surface area (Å²) >= 11 is 18.1.